The van der Waals surface area contributed by atoms with E-state index in [1.165, 1.54) is 0 Å². The minimum atomic E-state index is -0.213. The molecule has 0 radical (unpaired) electrons. The molecule has 0 aliphatic carbocycles. The summed E-state index contributed by atoms with van der Waals surface area (Å²) >= 11 is 0. The van der Waals surface area contributed by atoms with E-state index in [1.807, 2.05) is 28.8 Å². The van der Waals surface area contributed by atoms with Crippen molar-refractivity contribution in [3.05, 3.63) is 42.9 Å². The lowest BCUT2D eigenvalue weighted by Gasteiger charge is -2.25. The van der Waals surface area contributed by atoms with Gasteiger partial charge in [0.15, 0.2) is 0 Å². The standard InChI is InChI=1S/C18H22N6O/c1-18(2,3)24-14-8-6-5-7-13(14)21-17(24)22-16(25)12-23(4)15-11-19-9-10-20-15/h5-11H,12H2,1-4H3,(H,21,22,25). The summed E-state index contributed by atoms with van der Waals surface area (Å²) in [6.07, 6.45) is 4.82. The highest BCUT2D eigenvalue weighted by Gasteiger charge is 2.22. The molecule has 3 rings (SSSR count). The predicted octanol–water partition coefficient (Wildman–Crippen LogP) is 2.66. The second-order valence-corrected chi connectivity index (χ2v) is 6.90. The molecule has 1 amide bonds. The van der Waals surface area contributed by atoms with Crippen LogP contribution in [0, 0.1) is 0 Å². The van der Waals surface area contributed by atoms with Crippen LogP contribution in [0.1, 0.15) is 20.8 Å². The van der Waals surface area contributed by atoms with Crippen LogP contribution in [0.25, 0.3) is 11.0 Å². The Kier molecular flexibility index (Phi) is 4.39. The molecular formula is C18H22N6O. The van der Waals surface area contributed by atoms with Crippen LogP contribution in [0.3, 0.4) is 0 Å². The van der Waals surface area contributed by atoms with Crippen LogP contribution in [-0.2, 0) is 10.3 Å². The zero-order valence-electron chi connectivity index (χ0n) is 14.9. The number of hydrogen-bond donors (Lipinski definition) is 1. The molecule has 7 nitrogen and oxygen atoms in total. The van der Waals surface area contributed by atoms with Crippen LogP contribution in [0.5, 0.6) is 0 Å². The zero-order valence-corrected chi connectivity index (χ0v) is 14.9. The number of carbonyl (C=O) groups is 1. The van der Waals surface area contributed by atoms with Crippen molar-refractivity contribution in [1.29, 1.82) is 0 Å². The molecule has 0 unspecified atom stereocenters. The van der Waals surface area contributed by atoms with Gasteiger partial charge in [0.05, 0.1) is 23.8 Å². The molecule has 0 aliphatic rings. The molecule has 3 aromatic rings. The summed E-state index contributed by atoms with van der Waals surface area (Å²) in [7, 11) is 1.80. The van der Waals surface area contributed by atoms with Crippen molar-refractivity contribution in [2.75, 3.05) is 23.8 Å². The first-order valence-corrected chi connectivity index (χ1v) is 8.11. The van der Waals surface area contributed by atoms with Crippen LogP contribution >= 0.6 is 0 Å². The van der Waals surface area contributed by atoms with E-state index in [9.17, 15) is 4.79 Å². The number of fused-ring (bicyclic) bond motifs is 1. The van der Waals surface area contributed by atoms with E-state index in [1.54, 1.807) is 30.5 Å². The maximum Gasteiger partial charge on any atom is 0.246 e. The van der Waals surface area contributed by atoms with E-state index in [2.05, 4.69) is 41.0 Å². The van der Waals surface area contributed by atoms with E-state index < -0.39 is 0 Å². The number of amides is 1. The largest absolute Gasteiger partial charge is 0.349 e. The fourth-order valence-electron chi connectivity index (χ4n) is 2.74. The van der Waals surface area contributed by atoms with Gasteiger partial charge in [-0.05, 0) is 32.9 Å². The minimum Gasteiger partial charge on any atom is -0.349 e. The molecule has 0 aliphatic heterocycles. The quantitative estimate of drug-likeness (QED) is 0.791. The SMILES string of the molecule is CN(CC(=O)Nc1nc2ccccc2n1C(C)(C)C)c1cnccn1. The second kappa shape index (κ2) is 6.51. The molecule has 0 bridgehead atoms. The molecular weight excluding hydrogens is 316 g/mol. The first-order chi connectivity index (χ1) is 11.9. The summed E-state index contributed by atoms with van der Waals surface area (Å²) in [4.78, 5) is 27.0. The van der Waals surface area contributed by atoms with Crippen molar-refractivity contribution in [1.82, 2.24) is 19.5 Å². The summed E-state index contributed by atoms with van der Waals surface area (Å²) in [6, 6.07) is 7.86. The number of nitrogens with zero attached hydrogens (tertiary/aromatic N) is 5. The van der Waals surface area contributed by atoms with Gasteiger partial charge >= 0.3 is 0 Å². The Hall–Kier alpha value is -2.96. The highest BCUT2D eigenvalue weighted by Crippen LogP contribution is 2.27. The lowest BCUT2D eigenvalue weighted by atomic mass is 10.1. The van der Waals surface area contributed by atoms with Crippen molar-refractivity contribution in [3.8, 4) is 0 Å². The van der Waals surface area contributed by atoms with Gasteiger partial charge < -0.3 is 9.47 Å². The Morgan fingerprint density at radius 2 is 2.00 bits per heavy atom. The van der Waals surface area contributed by atoms with Crippen LogP contribution < -0.4 is 10.2 Å². The molecule has 25 heavy (non-hydrogen) atoms. The molecule has 1 aromatic carbocycles. The lowest BCUT2D eigenvalue weighted by Crippen LogP contribution is -2.33. The van der Waals surface area contributed by atoms with Crippen molar-refractivity contribution in [2.45, 2.75) is 26.3 Å². The maximum absolute atomic E-state index is 12.5. The van der Waals surface area contributed by atoms with Crippen molar-refractivity contribution in [3.63, 3.8) is 0 Å². The Labute approximate surface area is 146 Å². The maximum atomic E-state index is 12.5. The van der Waals surface area contributed by atoms with Gasteiger partial charge in [-0.15, -0.1) is 0 Å². The van der Waals surface area contributed by atoms with Gasteiger partial charge in [0.2, 0.25) is 11.9 Å². The van der Waals surface area contributed by atoms with E-state index in [0.717, 1.165) is 11.0 Å². The smallest absolute Gasteiger partial charge is 0.246 e. The van der Waals surface area contributed by atoms with Gasteiger partial charge in [-0.25, -0.2) is 9.97 Å². The number of nitrogens with one attached hydrogen (secondary N) is 1. The molecule has 0 saturated heterocycles. The van der Waals surface area contributed by atoms with Gasteiger partial charge in [-0.2, -0.15) is 0 Å². The molecule has 2 heterocycles. The second-order valence-electron chi connectivity index (χ2n) is 6.90. The number of imidazole rings is 1. The monoisotopic (exact) mass is 338 g/mol. The third-order valence-corrected chi connectivity index (χ3v) is 3.80. The van der Waals surface area contributed by atoms with Gasteiger partial charge in [-0.1, -0.05) is 12.1 Å². The number of carbonyl (C=O) groups excluding carboxylic acids is 1. The average Bonchev–Trinajstić information content (AvgIpc) is 2.93. The predicted molar refractivity (Wildman–Crippen MR) is 98.7 cm³/mol. The number of benzene rings is 1. The van der Waals surface area contributed by atoms with Crippen molar-refractivity contribution >= 4 is 28.7 Å². The number of para-hydroxylation sites is 2. The molecule has 7 heteroatoms. The Balaban J connectivity index is 1.84. The molecule has 1 N–H and O–H groups in total. The summed E-state index contributed by atoms with van der Waals surface area (Å²) in [5, 5.41) is 2.93. The van der Waals surface area contributed by atoms with Gasteiger partial charge in [0, 0.05) is 25.0 Å². The van der Waals surface area contributed by atoms with E-state index in [4.69, 9.17) is 0 Å². The minimum absolute atomic E-state index is 0.158. The molecule has 130 valence electrons. The number of anilines is 2. The Morgan fingerprint density at radius 1 is 1.24 bits per heavy atom. The molecule has 0 spiro atoms. The van der Waals surface area contributed by atoms with Gasteiger partial charge in [0.1, 0.15) is 5.82 Å². The average molecular weight is 338 g/mol. The highest BCUT2D eigenvalue weighted by molar-refractivity contribution is 5.94. The Bertz CT molecular complexity index is 881. The highest BCUT2D eigenvalue weighted by atomic mass is 16.2. The summed E-state index contributed by atoms with van der Waals surface area (Å²) < 4.78 is 2.04. The van der Waals surface area contributed by atoms with E-state index >= 15 is 0 Å². The number of aromatic nitrogens is 4. The zero-order chi connectivity index (χ0) is 18.0. The molecule has 0 saturated carbocycles. The van der Waals surface area contributed by atoms with Gasteiger partial charge in [0.25, 0.3) is 0 Å². The summed E-state index contributed by atoms with van der Waals surface area (Å²) in [5.74, 6) is 1.03. The lowest BCUT2D eigenvalue weighted by molar-refractivity contribution is -0.115. The molecule has 0 atom stereocenters. The summed E-state index contributed by atoms with van der Waals surface area (Å²) in [6.45, 7) is 6.42. The topological polar surface area (TPSA) is 75.9 Å². The third-order valence-electron chi connectivity index (χ3n) is 3.80. The number of likely N-dealkylation sites (N-methyl/N-ethyl adjacent to an activating group) is 1. The Morgan fingerprint density at radius 3 is 2.68 bits per heavy atom. The van der Waals surface area contributed by atoms with Crippen molar-refractivity contribution < 1.29 is 4.79 Å². The van der Waals surface area contributed by atoms with Crippen LogP contribution in [0.4, 0.5) is 11.8 Å². The summed E-state index contributed by atoms with van der Waals surface area (Å²) in [5.41, 5.74) is 1.64. The third kappa shape index (κ3) is 3.60. The molecule has 2 aromatic heterocycles. The number of rotatable bonds is 4. The first kappa shape index (κ1) is 16.9. The fourth-order valence-corrected chi connectivity index (χ4v) is 2.74. The fraction of sp³-hybridized carbons (Fsp3) is 0.333. The normalized spacial score (nSPS) is 11.5. The van der Waals surface area contributed by atoms with Crippen LogP contribution in [0.15, 0.2) is 42.9 Å². The van der Waals surface area contributed by atoms with E-state index in [-0.39, 0.29) is 18.0 Å². The van der Waals surface area contributed by atoms with Crippen LogP contribution in [0.2, 0.25) is 0 Å². The van der Waals surface area contributed by atoms with Gasteiger partial charge in [-0.3, -0.25) is 15.1 Å². The first-order valence-electron chi connectivity index (χ1n) is 8.11. The number of hydrogen-bond acceptors (Lipinski definition) is 5. The van der Waals surface area contributed by atoms with Crippen LogP contribution in [-0.4, -0.2) is 39.0 Å². The van der Waals surface area contributed by atoms with E-state index in [0.29, 0.717) is 11.8 Å². The molecule has 0 fully saturated rings. The van der Waals surface area contributed by atoms with Crippen molar-refractivity contribution in [2.24, 2.45) is 0 Å².